The van der Waals surface area contributed by atoms with Crippen LogP contribution < -0.4 is 54.3 Å². The number of methoxy groups -OCH3 is 4. The Morgan fingerprint density at radius 1 is 0.469 bits per heavy atom. The quantitative estimate of drug-likeness (QED) is 0.0600. The van der Waals surface area contributed by atoms with Crippen LogP contribution in [0.15, 0.2) is 236 Å². The summed E-state index contributed by atoms with van der Waals surface area (Å²) in [7, 11) is 5.18. The third-order valence-electron chi connectivity index (χ3n) is 19.4. The zero-order chi connectivity index (χ0) is 79.8. The van der Waals surface area contributed by atoms with Crippen LogP contribution in [0.3, 0.4) is 0 Å². The van der Waals surface area contributed by atoms with Crippen LogP contribution in [0.25, 0.3) is 16.7 Å². The van der Waals surface area contributed by atoms with Crippen molar-refractivity contribution in [3.05, 3.63) is 269 Å². The van der Waals surface area contributed by atoms with Crippen molar-refractivity contribution in [2.24, 2.45) is 0 Å². The first-order chi connectivity index (χ1) is 54.5. The molecule has 23 nitrogen and oxygen atoms in total. The van der Waals surface area contributed by atoms with E-state index in [1.54, 1.807) is 79.5 Å². The molecule has 586 valence electrons. The molecule has 2 saturated heterocycles. The number of nitrogens with zero attached hydrogens (tertiary/aromatic N) is 9. The molecule has 3 aliphatic rings. The number of hydrogen-bond acceptors (Lipinski definition) is 18. The fourth-order valence-electron chi connectivity index (χ4n) is 14.0. The minimum atomic E-state index is -1.44. The summed E-state index contributed by atoms with van der Waals surface area (Å²) in [6.45, 7) is 15.4. The lowest BCUT2D eigenvalue weighted by molar-refractivity contribution is -0.118. The number of imidazole rings is 1. The predicted molar refractivity (Wildman–Crippen MR) is 439 cm³/mol. The Kier molecular flexibility index (Phi) is 26.1. The highest BCUT2D eigenvalue weighted by molar-refractivity contribution is 6.58. The molecule has 24 heteroatoms. The Hall–Kier alpha value is -12.3. The van der Waals surface area contributed by atoms with Crippen molar-refractivity contribution in [1.29, 1.82) is 0 Å². The fraction of sp³-hybridized carbons (Fsp3) is 0.303. The number of fused-ring (bicyclic) bond motifs is 2. The molecule has 0 saturated carbocycles. The zero-order valence-electron chi connectivity index (χ0n) is 65.7. The highest BCUT2D eigenvalue weighted by atomic mass is 16.6. The highest BCUT2D eigenvalue weighted by Gasteiger charge is 2.40. The third-order valence-corrected chi connectivity index (χ3v) is 19.4. The van der Waals surface area contributed by atoms with Crippen LogP contribution in [0.1, 0.15) is 101 Å². The minimum absolute atomic E-state index is 0.0316. The smallest absolute Gasteiger partial charge is 0.488 e. The van der Waals surface area contributed by atoms with E-state index in [1.165, 1.54) is 0 Å². The number of rotatable bonds is 22. The van der Waals surface area contributed by atoms with Crippen LogP contribution in [-0.4, -0.2) is 136 Å². The van der Waals surface area contributed by atoms with E-state index in [0.29, 0.717) is 86.3 Å². The molecule has 2 atom stereocenters. The molecule has 113 heavy (non-hydrogen) atoms. The van der Waals surface area contributed by atoms with E-state index < -0.39 is 18.3 Å². The number of para-hydroxylation sites is 2. The first-order valence-corrected chi connectivity index (χ1v) is 37.9. The van der Waals surface area contributed by atoms with Crippen LogP contribution in [0, 0.1) is 0 Å². The molecule has 3 aliphatic heterocycles. The summed E-state index contributed by atoms with van der Waals surface area (Å²) < 4.78 is 48.2. The van der Waals surface area contributed by atoms with Gasteiger partial charge in [-0.1, -0.05) is 97.1 Å². The molecule has 2 fully saturated rings. The molecule has 3 aromatic heterocycles. The van der Waals surface area contributed by atoms with E-state index in [9.17, 15) is 19.2 Å². The second-order valence-corrected chi connectivity index (χ2v) is 29.9. The van der Waals surface area contributed by atoms with Crippen LogP contribution in [-0.2, 0) is 46.9 Å². The lowest BCUT2D eigenvalue weighted by Gasteiger charge is -2.38. The number of pyridine rings is 2. The lowest BCUT2D eigenvalue weighted by atomic mass is 9.80. The van der Waals surface area contributed by atoms with Gasteiger partial charge in [-0.25, -0.2) is 24.4 Å². The van der Waals surface area contributed by atoms with Crippen molar-refractivity contribution in [2.45, 2.75) is 123 Å². The molecule has 0 unspecified atom stereocenters. The summed E-state index contributed by atoms with van der Waals surface area (Å²) in [4.78, 5) is 74.2. The number of likely N-dealkylation sites (tertiary alicyclic amines) is 2. The predicted octanol–water partition coefficient (Wildman–Crippen LogP) is 15.5. The van der Waals surface area contributed by atoms with E-state index >= 15 is 0 Å². The summed E-state index contributed by atoms with van der Waals surface area (Å²) in [5.74, 6) is 7.37. The van der Waals surface area contributed by atoms with Gasteiger partial charge in [0.15, 0.2) is 5.82 Å². The van der Waals surface area contributed by atoms with Gasteiger partial charge in [0, 0.05) is 70.3 Å². The first kappa shape index (κ1) is 80.2. The summed E-state index contributed by atoms with van der Waals surface area (Å²) in [6, 6.07) is 68.5. The average Bonchev–Trinajstić information content (AvgIpc) is 1.59. The van der Waals surface area contributed by atoms with E-state index in [0.717, 1.165) is 105 Å². The number of benzene rings is 8. The standard InChI is InChI=1S/C44H47N5O6.C33H40N4O5.C12H11BO3/c1-44(2,3)55-43(51)46-27-9-10-34(30-46)48-39-25-26-45-41(40(39)49(42(48)50)33-17-23-38(24-18-33)54-37-11-7-6-8-12-37)47(28-31-13-19-35(52-4)20-14-31)29-32-15-21-36(53-5)22-16-32;1-33(2,3)42-32(39)35-18-6-7-25(22-35)37-29-16-17-34-31(28(29)19-30(37)38)36(20-23-8-12-26(40-4)13-9-23)21-24-10-14-27(41-5)15-11-24;14-13(15)10-6-8-12(9-7-10)16-11-4-2-1-3-5-11/h6-8,11-26,34H,9-10,27-30H2,1-5H3;8-17,25H,6-7,18-22H2,1-5H3;1-9,14-15H/t34-;25-;/m11./s1. The number of carbonyl (C=O) groups is 3. The molecular weight excluding hydrogens is 1430 g/mol. The summed E-state index contributed by atoms with van der Waals surface area (Å²) in [6.07, 6.45) is 6.18. The Bertz CT molecular complexity index is 4920. The van der Waals surface area contributed by atoms with Crippen molar-refractivity contribution >= 4 is 59.0 Å². The Morgan fingerprint density at radius 3 is 1.27 bits per heavy atom. The molecule has 11 aromatic rings. The van der Waals surface area contributed by atoms with Gasteiger partial charge in [-0.15, -0.1) is 0 Å². The number of hydrogen-bond donors (Lipinski definition) is 2. The minimum Gasteiger partial charge on any atom is -0.497 e. The first-order valence-electron chi connectivity index (χ1n) is 37.9. The van der Waals surface area contributed by atoms with Crippen LogP contribution in [0.2, 0.25) is 0 Å². The summed E-state index contributed by atoms with van der Waals surface area (Å²) in [5.41, 5.74) is 7.16. The second-order valence-electron chi connectivity index (χ2n) is 29.9. The van der Waals surface area contributed by atoms with Gasteiger partial charge < -0.3 is 72.4 Å². The average molecular weight is 1530 g/mol. The molecular formula is C89H98BN9O14. The fourth-order valence-corrected chi connectivity index (χ4v) is 14.0. The van der Waals surface area contributed by atoms with Gasteiger partial charge in [0.05, 0.1) is 63.8 Å². The maximum absolute atomic E-state index is 15.0. The zero-order valence-corrected chi connectivity index (χ0v) is 65.7. The topological polar surface area (TPSA) is 234 Å². The molecule has 0 bridgehead atoms. The maximum Gasteiger partial charge on any atom is 0.488 e. The van der Waals surface area contributed by atoms with Gasteiger partial charge in [0.25, 0.3) is 0 Å². The Labute approximate surface area is 660 Å². The van der Waals surface area contributed by atoms with Crippen LogP contribution in [0.4, 0.5) is 26.9 Å². The number of ether oxygens (including phenoxy) is 8. The lowest BCUT2D eigenvalue weighted by Crippen LogP contribution is -2.51. The molecule has 6 heterocycles. The van der Waals surface area contributed by atoms with Gasteiger partial charge in [-0.2, -0.15) is 0 Å². The summed E-state index contributed by atoms with van der Waals surface area (Å²) in [5, 5.41) is 17.8. The number of carbonyl (C=O) groups excluding carboxylic acids is 3. The highest BCUT2D eigenvalue weighted by Crippen LogP contribution is 2.40. The molecule has 14 rings (SSSR count). The number of anilines is 3. The van der Waals surface area contributed by atoms with Gasteiger partial charge >= 0.3 is 25.0 Å². The third kappa shape index (κ3) is 20.8. The van der Waals surface area contributed by atoms with Crippen LogP contribution in [0.5, 0.6) is 46.0 Å². The number of piperidine rings is 2. The monoisotopic (exact) mass is 1530 g/mol. The van der Waals surface area contributed by atoms with Crippen molar-refractivity contribution in [3.63, 3.8) is 0 Å². The number of aromatic nitrogens is 4. The van der Waals surface area contributed by atoms with E-state index in [-0.39, 0.29) is 42.3 Å². The van der Waals surface area contributed by atoms with Crippen molar-refractivity contribution in [1.82, 2.24) is 28.9 Å². The molecule has 0 aliphatic carbocycles. The maximum atomic E-state index is 15.0. The van der Waals surface area contributed by atoms with Crippen molar-refractivity contribution in [3.8, 4) is 51.7 Å². The SMILES string of the molecule is COc1ccc(CN(Cc2ccc(OC)cc2)c2nccc3c2CC(=O)N3[C@@H]2CCCN(C(=O)OC(C)(C)C)C2)cc1.COc1ccc(CN(Cc2ccc(OC)cc2)c2nccc3c2n(-c2ccc(Oc4ccccc4)cc2)c(=O)n3[C@@H]2CCCN(C(=O)OC(C)(C)C)C2)cc1.OB(O)c1ccc(Oc2ccccc2)cc1. The molecule has 2 N–H and O–H groups in total. The van der Waals surface area contributed by atoms with E-state index in [2.05, 4.69) is 9.80 Å². The number of amides is 3. The van der Waals surface area contributed by atoms with Gasteiger partial charge in [-0.3, -0.25) is 13.9 Å². The Balaban J connectivity index is 0.000000179. The molecule has 3 amide bonds. The normalized spacial score (nSPS) is 14.6. The van der Waals surface area contributed by atoms with Gasteiger partial charge in [-0.05, 0) is 216 Å². The second kappa shape index (κ2) is 36.7. The molecule has 0 spiro atoms. The largest absolute Gasteiger partial charge is 0.497 e. The van der Waals surface area contributed by atoms with Gasteiger partial charge in [0.1, 0.15) is 68.5 Å². The summed E-state index contributed by atoms with van der Waals surface area (Å²) >= 11 is 0. The van der Waals surface area contributed by atoms with Crippen LogP contribution >= 0.6 is 0 Å². The van der Waals surface area contributed by atoms with E-state index in [1.807, 2.05) is 245 Å². The van der Waals surface area contributed by atoms with E-state index in [4.69, 9.17) is 57.9 Å². The Morgan fingerprint density at radius 2 is 0.850 bits per heavy atom. The van der Waals surface area contributed by atoms with Crippen molar-refractivity contribution in [2.75, 3.05) is 69.3 Å². The van der Waals surface area contributed by atoms with Crippen molar-refractivity contribution < 1.29 is 62.3 Å². The molecule has 8 aromatic carbocycles. The molecule has 0 radical (unpaired) electrons. The van der Waals surface area contributed by atoms with Gasteiger partial charge in [0.2, 0.25) is 5.91 Å².